The second-order valence-electron chi connectivity index (χ2n) is 7.66. The number of carbonyl (C=O) groups is 3. The third kappa shape index (κ3) is 5.67. The summed E-state index contributed by atoms with van der Waals surface area (Å²) in [6.07, 6.45) is 1.42. The number of hydrogen-bond acceptors (Lipinski definition) is 4. The van der Waals surface area contributed by atoms with Gasteiger partial charge in [-0.2, -0.15) is 0 Å². The Morgan fingerprint density at radius 1 is 1.00 bits per heavy atom. The van der Waals surface area contributed by atoms with Crippen LogP contribution >= 0.6 is 0 Å². The minimum atomic E-state index is -0.322. The minimum absolute atomic E-state index is 0.0962. The Balaban J connectivity index is 1.48. The zero-order valence-electron chi connectivity index (χ0n) is 17.5. The summed E-state index contributed by atoms with van der Waals surface area (Å²) in [6.45, 7) is 1.82. The van der Waals surface area contributed by atoms with Crippen LogP contribution in [0.3, 0.4) is 0 Å². The van der Waals surface area contributed by atoms with E-state index in [1.54, 1.807) is 29.2 Å². The van der Waals surface area contributed by atoms with Crippen LogP contribution in [-0.4, -0.2) is 49.8 Å². The van der Waals surface area contributed by atoms with Gasteiger partial charge in [0.1, 0.15) is 0 Å². The fraction of sp³-hybridized carbons (Fsp3) is 0.348. The van der Waals surface area contributed by atoms with Crippen LogP contribution in [0.25, 0.3) is 0 Å². The van der Waals surface area contributed by atoms with Crippen LogP contribution in [0, 0.1) is 0 Å². The second-order valence-corrected chi connectivity index (χ2v) is 7.66. The Labute approximate surface area is 177 Å². The Morgan fingerprint density at radius 2 is 1.70 bits per heavy atom. The number of rotatable bonds is 8. The predicted molar refractivity (Wildman–Crippen MR) is 116 cm³/mol. The number of amides is 3. The molecule has 0 saturated carbocycles. The number of nitrogens with one attached hydrogen (secondary N) is 2. The lowest BCUT2D eigenvalue weighted by Crippen LogP contribution is -2.36. The smallest absolute Gasteiger partial charge is 0.251 e. The monoisotopic (exact) mass is 408 g/mol. The molecule has 1 aliphatic rings. The molecule has 0 spiro atoms. The van der Waals surface area contributed by atoms with Gasteiger partial charge in [-0.05, 0) is 55.9 Å². The van der Waals surface area contributed by atoms with E-state index in [0.29, 0.717) is 25.1 Å². The lowest BCUT2D eigenvalue weighted by molar-refractivity contribution is -0.120. The Kier molecular flexibility index (Phi) is 7.19. The molecule has 0 unspecified atom stereocenters. The molecule has 30 heavy (non-hydrogen) atoms. The van der Waals surface area contributed by atoms with Crippen molar-refractivity contribution in [3.8, 4) is 0 Å². The largest absolute Gasteiger partial charge is 0.350 e. The number of carbonyl (C=O) groups excluding carboxylic acids is 3. The SMILES string of the molecule is CN(C)Cc1ccccc1CNC(=O)CNC(=O)c1ccc(N2CCCC2=O)cc1. The maximum absolute atomic E-state index is 12.3. The van der Waals surface area contributed by atoms with E-state index in [1.807, 2.05) is 38.4 Å². The highest BCUT2D eigenvalue weighted by atomic mass is 16.2. The van der Waals surface area contributed by atoms with Gasteiger partial charge in [0.25, 0.3) is 5.91 Å². The summed E-state index contributed by atoms with van der Waals surface area (Å²) in [5, 5.41) is 5.49. The van der Waals surface area contributed by atoms with Gasteiger partial charge >= 0.3 is 0 Å². The van der Waals surface area contributed by atoms with Crippen molar-refractivity contribution >= 4 is 23.4 Å². The van der Waals surface area contributed by atoms with Crippen LogP contribution in [0.1, 0.15) is 34.3 Å². The minimum Gasteiger partial charge on any atom is -0.350 e. The van der Waals surface area contributed by atoms with Crippen molar-refractivity contribution in [3.05, 3.63) is 65.2 Å². The molecular formula is C23H28N4O3. The summed E-state index contributed by atoms with van der Waals surface area (Å²) in [7, 11) is 4.00. The van der Waals surface area contributed by atoms with Gasteiger partial charge in [0.15, 0.2) is 0 Å². The molecule has 1 heterocycles. The number of hydrogen-bond donors (Lipinski definition) is 2. The van der Waals surface area contributed by atoms with Gasteiger partial charge in [0.05, 0.1) is 6.54 Å². The van der Waals surface area contributed by atoms with Crippen molar-refractivity contribution in [2.75, 3.05) is 32.1 Å². The van der Waals surface area contributed by atoms with Gasteiger partial charge in [-0.3, -0.25) is 14.4 Å². The quantitative estimate of drug-likeness (QED) is 0.699. The summed E-state index contributed by atoms with van der Waals surface area (Å²) >= 11 is 0. The molecule has 1 saturated heterocycles. The van der Waals surface area contributed by atoms with Crippen LogP contribution in [-0.2, 0) is 22.7 Å². The average molecular weight is 409 g/mol. The predicted octanol–water partition coefficient (Wildman–Crippen LogP) is 1.92. The van der Waals surface area contributed by atoms with Crippen LogP contribution in [0.2, 0.25) is 0 Å². The zero-order chi connectivity index (χ0) is 21.5. The molecule has 2 aromatic rings. The van der Waals surface area contributed by atoms with Crippen LogP contribution in [0.15, 0.2) is 48.5 Å². The van der Waals surface area contributed by atoms with Gasteiger partial charge < -0.3 is 20.4 Å². The van der Waals surface area contributed by atoms with E-state index >= 15 is 0 Å². The summed E-state index contributed by atoms with van der Waals surface area (Å²) < 4.78 is 0. The van der Waals surface area contributed by atoms with E-state index in [-0.39, 0.29) is 24.3 Å². The Morgan fingerprint density at radius 3 is 2.33 bits per heavy atom. The molecule has 0 atom stereocenters. The van der Waals surface area contributed by atoms with E-state index in [1.165, 1.54) is 0 Å². The maximum atomic E-state index is 12.3. The van der Waals surface area contributed by atoms with E-state index in [4.69, 9.17) is 0 Å². The van der Waals surface area contributed by atoms with E-state index in [9.17, 15) is 14.4 Å². The lowest BCUT2D eigenvalue weighted by atomic mass is 10.1. The fourth-order valence-electron chi connectivity index (χ4n) is 3.46. The molecule has 0 aromatic heterocycles. The second kappa shape index (κ2) is 10.0. The number of nitrogens with zero attached hydrogens (tertiary/aromatic N) is 2. The molecule has 3 rings (SSSR count). The molecule has 7 nitrogen and oxygen atoms in total. The van der Waals surface area contributed by atoms with Crippen LogP contribution in [0.4, 0.5) is 5.69 Å². The van der Waals surface area contributed by atoms with Gasteiger partial charge in [-0.25, -0.2) is 0 Å². The first-order chi connectivity index (χ1) is 14.4. The molecule has 0 bridgehead atoms. The van der Waals surface area contributed by atoms with Crippen molar-refractivity contribution < 1.29 is 14.4 Å². The first-order valence-electron chi connectivity index (χ1n) is 10.1. The van der Waals surface area contributed by atoms with Gasteiger partial charge in [-0.15, -0.1) is 0 Å². The standard InChI is InChI=1S/C23H28N4O3/c1-26(2)16-19-7-4-3-6-18(19)14-24-21(28)15-25-23(30)17-9-11-20(12-10-17)27-13-5-8-22(27)29/h3-4,6-7,9-12H,5,8,13-16H2,1-2H3,(H,24,28)(H,25,30). The van der Waals surface area contributed by atoms with E-state index in [2.05, 4.69) is 15.5 Å². The molecule has 2 aromatic carbocycles. The zero-order valence-corrected chi connectivity index (χ0v) is 17.5. The maximum Gasteiger partial charge on any atom is 0.251 e. The van der Waals surface area contributed by atoms with Gasteiger partial charge in [0.2, 0.25) is 11.8 Å². The van der Waals surface area contributed by atoms with Crippen molar-refractivity contribution in [2.45, 2.75) is 25.9 Å². The highest BCUT2D eigenvalue weighted by Gasteiger charge is 2.21. The molecule has 0 radical (unpaired) electrons. The van der Waals surface area contributed by atoms with Crippen molar-refractivity contribution in [1.29, 1.82) is 0 Å². The highest BCUT2D eigenvalue weighted by Crippen LogP contribution is 2.21. The van der Waals surface area contributed by atoms with Crippen molar-refractivity contribution in [1.82, 2.24) is 15.5 Å². The molecule has 0 aliphatic carbocycles. The molecule has 2 N–H and O–H groups in total. The fourth-order valence-corrected chi connectivity index (χ4v) is 3.46. The van der Waals surface area contributed by atoms with Gasteiger partial charge in [-0.1, -0.05) is 24.3 Å². The van der Waals surface area contributed by atoms with Crippen LogP contribution < -0.4 is 15.5 Å². The number of anilines is 1. The lowest BCUT2D eigenvalue weighted by Gasteiger charge is -2.16. The third-order valence-electron chi connectivity index (χ3n) is 5.01. The number of benzene rings is 2. The highest BCUT2D eigenvalue weighted by molar-refractivity contribution is 5.98. The topological polar surface area (TPSA) is 81.8 Å². The summed E-state index contributed by atoms with van der Waals surface area (Å²) in [6, 6.07) is 14.8. The third-order valence-corrected chi connectivity index (χ3v) is 5.01. The Bertz CT molecular complexity index is 909. The van der Waals surface area contributed by atoms with Crippen molar-refractivity contribution in [2.24, 2.45) is 0 Å². The van der Waals surface area contributed by atoms with E-state index in [0.717, 1.165) is 29.8 Å². The molecule has 1 fully saturated rings. The Hall–Kier alpha value is -3.19. The van der Waals surface area contributed by atoms with Gasteiger partial charge in [0, 0.05) is 37.3 Å². The average Bonchev–Trinajstić information content (AvgIpc) is 3.17. The summed E-state index contributed by atoms with van der Waals surface area (Å²) in [4.78, 5) is 40.1. The molecule has 1 aliphatic heterocycles. The first-order valence-corrected chi connectivity index (χ1v) is 10.1. The van der Waals surface area contributed by atoms with E-state index < -0.39 is 0 Å². The van der Waals surface area contributed by atoms with Crippen molar-refractivity contribution in [3.63, 3.8) is 0 Å². The molecule has 3 amide bonds. The molecule has 7 heteroatoms. The summed E-state index contributed by atoms with van der Waals surface area (Å²) in [5.74, 6) is -0.462. The summed E-state index contributed by atoms with van der Waals surface area (Å²) in [5.41, 5.74) is 3.46. The molecule has 158 valence electrons. The normalized spacial score (nSPS) is 13.6. The first kappa shape index (κ1) is 21.5. The molecular weight excluding hydrogens is 380 g/mol. The van der Waals surface area contributed by atoms with Crippen LogP contribution in [0.5, 0.6) is 0 Å².